The minimum absolute atomic E-state index is 0.00444. The number of rotatable bonds is 6. The maximum absolute atomic E-state index is 11.3. The smallest absolute Gasteiger partial charge is 0.222 e. The first-order valence-corrected chi connectivity index (χ1v) is 5.23. The fourth-order valence-corrected chi connectivity index (χ4v) is 1.09. The minimum atomic E-state index is -0.00444. The number of Topliss-reactive ketones (excluding diaryl/α,β-unsaturated/α-hetero) is 1. The van der Waals surface area contributed by atoms with Crippen molar-refractivity contribution < 1.29 is 9.59 Å². The third-order valence-corrected chi connectivity index (χ3v) is 1.86. The molecule has 0 aliphatic heterocycles. The molecule has 0 saturated heterocycles. The SMILES string of the molecule is CC(C)CC(=O)CCNC(=O)C(C)C. The summed E-state index contributed by atoms with van der Waals surface area (Å²) in [6.07, 6.45) is 1.06. The number of amides is 1. The van der Waals surface area contributed by atoms with Crippen LogP contribution in [0.15, 0.2) is 0 Å². The highest BCUT2D eigenvalue weighted by Crippen LogP contribution is 2.02. The van der Waals surface area contributed by atoms with E-state index in [9.17, 15) is 9.59 Å². The second-order valence-corrected chi connectivity index (χ2v) is 4.33. The Kier molecular flexibility index (Phi) is 6.17. The quantitative estimate of drug-likeness (QED) is 0.708. The summed E-state index contributed by atoms with van der Waals surface area (Å²) in [6, 6.07) is 0. The van der Waals surface area contributed by atoms with E-state index in [1.165, 1.54) is 0 Å². The van der Waals surface area contributed by atoms with Crippen LogP contribution >= 0.6 is 0 Å². The van der Waals surface area contributed by atoms with Gasteiger partial charge in [0.1, 0.15) is 5.78 Å². The van der Waals surface area contributed by atoms with Gasteiger partial charge in [-0.2, -0.15) is 0 Å². The van der Waals surface area contributed by atoms with E-state index >= 15 is 0 Å². The number of nitrogens with one attached hydrogen (secondary N) is 1. The summed E-state index contributed by atoms with van der Waals surface area (Å²) in [5.41, 5.74) is 0. The van der Waals surface area contributed by atoms with Crippen LogP contribution in [-0.4, -0.2) is 18.2 Å². The maximum Gasteiger partial charge on any atom is 0.222 e. The molecule has 0 fully saturated rings. The fraction of sp³-hybridized carbons (Fsp3) is 0.818. The van der Waals surface area contributed by atoms with Gasteiger partial charge in [0.25, 0.3) is 0 Å². The number of carbonyl (C=O) groups excluding carboxylic acids is 2. The van der Waals surface area contributed by atoms with E-state index in [0.29, 0.717) is 25.3 Å². The van der Waals surface area contributed by atoms with Crippen LogP contribution in [0.3, 0.4) is 0 Å². The van der Waals surface area contributed by atoms with Gasteiger partial charge in [0.15, 0.2) is 0 Å². The Balaban J connectivity index is 3.54. The summed E-state index contributed by atoms with van der Waals surface area (Å²) >= 11 is 0. The van der Waals surface area contributed by atoms with E-state index in [1.54, 1.807) is 0 Å². The molecular formula is C11H21NO2. The summed E-state index contributed by atoms with van der Waals surface area (Å²) in [6.45, 7) is 8.19. The molecule has 0 saturated carbocycles. The molecule has 0 spiro atoms. The van der Waals surface area contributed by atoms with E-state index in [2.05, 4.69) is 5.32 Å². The van der Waals surface area contributed by atoms with Crippen molar-refractivity contribution in [3.63, 3.8) is 0 Å². The first-order chi connectivity index (χ1) is 6.43. The zero-order chi connectivity index (χ0) is 11.1. The molecule has 0 bridgehead atoms. The molecule has 3 heteroatoms. The predicted molar refractivity (Wildman–Crippen MR) is 56.9 cm³/mol. The predicted octanol–water partition coefficient (Wildman–Crippen LogP) is 1.76. The van der Waals surface area contributed by atoms with Gasteiger partial charge < -0.3 is 5.32 Å². The van der Waals surface area contributed by atoms with Crippen molar-refractivity contribution >= 4 is 11.7 Å². The summed E-state index contributed by atoms with van der Waals surface area (Å²) in [4.78, 5) is 22.4. The molecule has 0 unspecified atom stereocenters. The largest absolute Gasteiger partial charge is 0.355 e. The molecule has 82 valence electrons. The lowest BCUT2D eigenvalue weighted by Gasteiger charge is -2.07. The molecule has 0 atom stereocenters. The van der Waals surface area contributed by atoms with E-state index in [-0.39, 0.29) is 17.6 Å². The third-order valence-electron chi connectivity index (χ3n) is 1.86. The van der Waals surface area contributed by atoms with Crippen LogP contribution in [0.1, 0.15) is 40.5 Å². The normalized spacial score (nSPS) is 10.7. The highest BCUT2D eigenvalue weighted by atomic mass is 16.2. The fourth-order valence-electron chi connectivity index (χ4n) is 1.09. The molecule has 0 heterocycles. The van der Waals surface area contributed by atoms with E-state index in [1.807, 2.05) is 27.7 Å². The first-order valence-electron chi connectivity index (χ1n) is 5.23. The summed E-state index contributed by atoms with van der Waals surface area (Å²) < 4.78 is 0. The Morgan fingerprint density at radius 2 is 1.71 bits per heavy atom. The van der Waals surface area contributed by atoms with Crippen LogP contribution in [0.5, 0.6) is 0 Å². The lowest BCUT2D eigenvalue weighted by atomic mass is 10.1. The van der Waals surface area contributed by atoms with Crippen LogP contribution in [0.4, 0.5) is 0 Å². The molecule has 0 aliphatic rings. The van der Waals surface area contributed by atoms with Gasteiger partial charge in [0.2, 0.25) is 5.91 Å². The van der Waals surface area contributed by atoms with Gasteiger partial charge in [-0.05, 0) is 5.92 Å². The minimum Gasteiger partial charge on any atom is -0.355 e. The molecule has 0 aromatic rings. The lowest BCUT2D eigenvalue weighted by molar-refractivity contribution is -0.124. The monoisotopic (exact) mass is 199 g/mol. The zero-order valence-corrected chi connectivity index (χ0v) is 9.59. The van der Waals surface area contributed by atoms with Gasteiger partial charge in [-0.3, -0.25) is 9.59 Å². The lowest BCUT2D eigenvalue weighted by Crippen LogP contribution is -2.29. The number of ketones is 1. The third kappa shape index (κ3) is 6.63. The zero-order valence-electron chi connectivity index (χ0n) is 9.59. The van der Waals surface area contributed by atoms with E-state index in [0.717, 1.165) is 0 Å². The van der Waals surface area contributed by atoms with Crippen molar-refractivity contribution in [1.82, 2.24) is 5.32 Å². The second kappa shape index (κ2) is 6.57. The van der Waals surface area contributed by atoms with Gasteiger partial charge >= 0.3 is 0 Å². The molecule has 14 heavy (non-hydrogen) atoms. The van der Waals surface area contributed by atoms with Crippen molar-refractivity contribution in [3.8, 4) is 0 Å². The summed E-state index contributed by atoms with van der Waals surface area (Å²) in [7, 11) is 0. The molecule has 0 aromatic carbocycles. The van der Waals surface area contributed by atoms with Crippen LogP contribution in [-0.2, 0) is 9.59 Å². The van der Waals surface area contributed by atoms with Gasteiger partial charge in [0.05, 0.1) is 0 Å². The molecular weight excluding hydrogens is 178 g/mol. The van der Waals surface area contributed by atoms with Crippen molar-refractivity contribution in [3.05, 3.63) is 0 Å². The number of hydrogen-bond acceptors (Lipinski definition) is 2. The van der Waals surface area contributed by atoms with E-state index < -0.39 is 0 Å². The van der Waals surface area contributed by atoms with Crippen molar-refractivity contribution in [1.29, 1.82) is 0 Å². The van der Waals surface area contributed by atoms with Crippen molar-refractivity contribution in [2.24, 2.45) is 11.8 Å². The van der Waals surface area contributed by atoms with Crippen molar-refractivity contribution in [2.75, 3.05) is 6.54 Å². The van der Waals surface area contributed by atoms with Crippen LogP contribution < -0.4 is 5.32 Å². The van der Waals surface area contributed by atoms with Gasteiger partial charge in [-0.25, -0.2) is 0 Å². The number of hydrogen-bond donors (Lipinski definition) is 1. The average molecular weight is 199 g/mol. The molecule has 0 rings (SSSR count). The van der Waals surface area contributed by atoms with Crippen LogP contribution in [0.25, 0.3) is 0 Å². The highest BCUT2D eigenvalue weighted by Gasteiger charge is 2.08. The number of carbonyl (C=O) groups is 2. The highest BCUT2D eigenvalue weighted by molar-refractivity contribution is 5.81. The topological polar surface area (TPSA) is 46.2 Å². The van der Waals surface area contributed by atoms with Gasteiger partial charge in [-0.1, -0.05) is 27.7 Å². The Hall–Kier alpha value is -0.860. The standard InChI is InChI=1S/C11H21NO2/c1-8(2)7-10(13)5-6-12-11(14)9(3)4/h8-9H,5-7H2,1-4H3,(H,12,14). The second-order valence-electron chi connectivity index (χ2n) is 4.33. The van der Waals surface area contributed by atoms with Crippen molar-refractivity contribution in [2.45, 2.75) is 40.5 Å². The maximum atomic E-state index is 11.3. The Morgan fingerprint density at radius 3 is 2.14 bits per heavy atom. The summed E-state index contributed by atoms with van der Waals surface area (Å²) in [5.74, 6) is 0.643. The van der Waals surface area contributed by atoms with Crippen LogP contribution in [0, 0.1) is 11.8 Å². The summed E-state index contributed by atoms with van der Waals surface area (Å²) in [5, 5.41) is 2.73. The molecule has 1 amide bonds. The Morgan fingerprint density at radius 1 is 1.14 bits per heavy atom. The molecule has 3 nitrogen and oxygen atoms in total. The van der Waals surface area contributed by atoms with Gasteiger partial charge in [-0.15, -0.1) is 0 Å². The molecule has 0 aliphatic carbocycles. The van der Waals surface area contributed by atoms with Crippen LogP contribution in [0.2, 0.25) is 0 Å². The molecule has 1 N–H and O–H groups in total. The van der Waals surface area contributed by atoms with Gasteiger partial charge in [0, 0.05) is 25.3 Å². The Labute approximate surface area is 86.3 Å². The van der Waals surface area contributed by atoms with E-state index in [4.69, 9.17) is 0 Å². The Bertz CT molecular complexity index is 197. The average Bonchev–Trinajstić information content (AvgIpc) is 2.02. The molecule has 0 aromatic heterocycles. The first kappa shape index (κ1) is 13.1. The molecule has 0 radical (unpaired) electrons.